The van der Waals surface area contributed by atoms with Gasteiger partial charge < -0.3 is 10.2 Å². The first-order chi connectivity index (χ1) is 11.6. The summed E-state index contributed by atoms with van der Waals surface area (Å²) < 4.78 is 0. The van der Waals surface area contributed by atoms with Crippen LogP contribution in [0.3, 0.4) is 0 Å². The Kier molecular flexibility index (Phi) is 3.26. The number of fused-ring (bicyclic) bond motifs is 3. The van der Waals surface area contributed by atoms with Gasteiger partial charge in [0, 0.05) is 31.7 Å². The molecule has 3 heterocycles. The number of hydrogen-bond donors (Lipinski definition) is 1. The van der Waals surface area contributed by atoms with E-state index in [-0.39, 0.29) is 11.8 Å². The molecule has 4 rings (SSSR count). The Morgan fingerprint density at radius 3 is 2.96 bits per heavy atom. The van der Waals surface area contributed by atoms with Crippen molar-refractivity contribution >= 4 is 29.1 Å². The molecule has 0 fully saturated rings. The second-order valence-electron chi connectivity index (χ2n) is 5.63. The first-order valence-electron chi connectivity index (χ1n) is 7.60. The second kappa shape index (κ2) is 5.45. The summed E-state index contributed by atoms with van der Waals surface area (Å²) >= 11 is 0. The molecule has 2 aliphatic rings. The molecular formula is C17H15N5O2. The van der Waals surface area contributed by atoms with Gasteiger partial charge in [0.1, 0.15) is 0 Å². The lowest BCUT2D eigenvalue weighted by molar-refractivity contribution is 0.0865. The first kappa shape index (κ1) is 14.4. The van der Waals surface area contributed by atoms with Crippen molar-refractivity contribution < 1.29 is 9.59 Å². The van der Waals surface area contributed by atoms with Crippen LogP contribution in [0.5, 0.6) is 0 Å². The van der Waals surface area contributed by atoms with E-state index in [4.69, 9.17) is 0 Å². The highest BCUT2D eigenvalue weighted by molar-refractivity contribution is 6.19. The van der Waals surface area contributed by atoms with Gasteiger partial charge in [0.05, 0.1) is 23.4 Å². The molecule has 0 atom stereocenters. The maximum atomic E-state index is 12.6. The van der Waals surface area contributed by atoms with E-state index in [1.165, 1.54) is 6.20 Å². The fraction of sp³-hybridized carbons (Fsp3) is 0.176. The number of anilines is 2. The van der Waals surface area contributed by atoms with Gasteiger partial charge in [-0.1, -0.05) is 0 Å². The van der Waals surface area contributed by atoms with Crippen LogP contribution in [0.25, 0.3) is 0 Å². The van der Waals surface area contributed by atoms with Gasteiger partial charge in [-0.2, -0.15) is 0 Å². The van der Waals surface area contributed by atoms with Gasteiger partial charge >= 0.3 is 0 Å². The largest absolute Gasteiger partial charge is 0.322 e. The summed E-state index contributed by atoms with van der Waals surface area (Å²) in [6.07, 6.45) is 3.11. The SMILES string of the molecule is CN1C(=O)c2cc(NC(=O)c3cccnc3)ccc2N2CCN=C12. The lowest BCUT2D eigenvalue weighted by Gasteiger charge is -2.33. The topological polar surface area (TPSA) is 77.9 Å². The molecule has 0 radical (unpaired) electrons. The molecule has 1 aromatic carbocycles. The molecule has 7 nitrogen and oxygen atoms in total. The number of benzene rings is 1. The zero-order chi connectivity index (χ0) is 16.7. The third-order valence-corrected chi connectivity index (χ3v) is 4.12. The number of nitrogens with one attached hydrogen (secondary N) is 1. The van der Waals surface area contributed by atoms with Crippen LogP contribution in [-0.4, -0.2) is 47.8 Å². The Morgan fingerprint density at radius 2 is 2.17 bits per heavy atom. The first-order valence-corrected chi connectivity index (χ1v) is 7.60. The second-order valence-corrected chi connectivity index (χ2v) is 5.63. The van der Waals surface area contributed by atoms with Gasteiger partial charge in [0.2, 0.25) is 5.96 Å². The Labute approximate surface area is 138 Å². The van der Waals surface area contributed by atoms with Crippen molar-refractivity contribution in [3.05, 3.63) is 53.9 Å². The minimum Gasteiger partial charge on any atom is -0.322 e. The molecule has 0 aliphatic carbocycles. The van der Waals surface area contributed by atoms with Crippen molar-refractivity contribution in [2.75, 3.05) is 30.4 Å². The van der Waals surface area contributed by atoms with Crippen molar-refractivity contribution in [3.63, 3.8) is 0 Å². The lowest BCUT2D eigenvalue weighted by Crippen LogP contribution is -2.48. The van der Waals surface area contributed by atoms with Crippen LogP contribution in [0.4, 0.5) is 11.4 Å². The van der Waals surface area contributed by atoms with Crippen molar-refractivity contribution in [1.29, 1.82) is 0 Å². The predicted octanol–water partition coefficient (Wildman–Crippen LogP) is 1.60. The highest BCUT2D eigenvalue weighted by Crippen LogP contribution is 2.32. The Bertz CT molecular complexity index is 863. The fourth-order valence-corrected chi connectivity index (χ4v) is 2.94. The minimum atomic E-state index is -0.261. The summed E-state index contributed by atoms with van der Waals surface area (Å²) in [5.74, 6) is 0.294. The van der Waals surface area contributed by atoms with E-state index in [0.717, 1.165) is 12.2 Å². The summed E-state index contributed by atoms with van der Waals surface area (Å²) in [6, 6.07) is 8.74. The van der Waals surface area contributed by atoms with Crippen LogP contribution in [0, 0.1) is 0 Å². The molecule has 120 valence electrons. The predicted molar refractivity (Wildman–Crippen MR) is 90.4 cm³/mol. The van der Waals surface area contributed by atoms with E-state index < -0.39 is 0 Å². The van der Waals surface area contributed by atoms with Crippen molar-refractivity contribution in [2.24, 2.45) is 4.99 Å². The van der Waals surface area contributed by atoms with E-state index in [1.54, 1.807) is 42.4 Å². The molecule has 0 bridgehead atoms. The zero-order valence-corrected chi connectivity index (χ0v) is 13.1. The molecular weight excluding hydrogens is 306 g/mol. The van der Waals surface area contributed by atoms with Gasteiger partial charge in [0.15, 0.2) is 0 Å². The normalized spacial score (nSPS) is 15.7. The summed E-state index contributed by atoms with van der Waals surface area (Å²) in [4.78, 5) is 36.7. The summed E-state index contributed by atoms with van der Waals surface area (Å²) in [5.41, 5.74) is 2.42. The minimum absolute atomic E-state index is 0.126. The van der Waals surface area contributed by atoms with Crippen LogP contribution >= 0.6 is 0 Å². The quantitative estimate of drug-likeness (QED) is 0.911. The summed E-state index contributed by atoms with van der Waals surface area (Å²) in [5, 5.41) is 2.80. The van der Waals surface area contributed by atoms with Gasteiger partial charge in [-0.05, 0) is 30.3 Å². The highest BCUT2D eigenvalue weighted by Gasteiger charge is 2.35. The van der Waals surface area contributed by atoms with Crippen LogP contribution in [0.2, 0.25) is 0 Å². The van der Waals surface area contributed by atoms with Crippen LogP contribution in [-0.2, 0) is 0 Å². The van der Waals surface area contributed by atoms with Gasteiger partial charge in [0.25, 0.3) is 11.8 Å². The number of carbonyl (C=O) groups excluding carboxylic acids is 2. The molecule has 0 saturated heterocycles. The van der Waals surface area contributed by atoms with E-state index in [2.05, 4.69) is 15.3 Å². The maximum absolute atomic E-state index is 12.6. The van der Waals surface area contributed by atoms with E-state index in [9.17, 15) is 9.59 Å². The molecule has 0 saturated carbocycles. The average Bonchev–Trinajstić information content (AvgIpc) is 3.10. The van der Waals surface area contributed by atoms with Gasteiger partial charge in [-0.25, -0.2) is 0 Å². The Hall–Kier alpha value is -3.22. The highest BCUT2D eigenvalue weighted by atomic mass is 16.2. The number of nitrogens with zero attached hydrogens (tertiary/aromatic N) is 4. The number of aromatic nitrogens is 1. The van der Waals surface area contributed by atoms with E-state index >= 15 is 0 Å². The molecule has 1 N–H and O–H groups in total. The molecule has 0 spiro atoms. The third kappa shape index (κ3) is 2.21. The zero-order valence-electron chi connectivity index (χ0n) is 13.1. The van der Waals surface area contributed by atoms with Gasteiger partial charge in [-0.15, -0.1) is 0 Å². The van der Waals surface area contributed by atoms with Crippen LogP contribution in [0.1, 0.15) is 20.7 Å². The van der Waals surface area contributed by atoms with Crippen LogP contribution < -0.4 is 10.2 Å². The number of guanidine groups is 1. The Balaban J connectivity index is 1.66. The molecule has 2 amide bonds. The average molecular weight is 321 g/mol. The monoisotopic (exact) mass is 321 g/mol. The summed E-state index contributed by atoms with van der Waals surface area (Å²) in [7, 11) is 1.71. The molecule has 1 aromatic heterocycles. The molecule has 2 aromatic rings. The molecule has 2 aliphatic heterocycles. The smallest absolute Gasteiger partial charge is 0.262 e. The Morgan fingerprint density at radius 1 is 1.29 bits per heavy atom. The number of amides is 2. The number of carbonyl (C=O) groups is 2. The maximum Gasteiger partial charge on any atom is 0.262 e. The number of rotatable bonds is 2. The third-order valence-electron chi connectivity index (χ3n) is 4.12. The molecule has 0 unspecified atom stereocenters. The van der Waals surface area contributed by atoms with E-state index in [1.807, 2.05) is 11.0 Å². The van der Waals surface area contributed by atoms with Crippen LogP contribution in [0.15, 0.2) is 47.7 Å². The summed E-state index contributed by atoms with van der Waals surface area (Å²) in [6.45, 7) is 1.42. The lowest BCUT2D eigenvalue weighted by atomic mass is 10.1. The number of pyridine rings is 1. The van der Waals surface area contributed by atoms with Crippen molar-refractivity contribution in [1.82, 2.24) is 9.88 Å². The number of hydrogen-bond acceptors (Lipinski definition) is 5. The fourth-order valence-electron chi connectivity index (χ4n) is 2.94. The van der Waals surface area contributed by atoms with Crippen molar-refractivity contribution in [3.8, 4) is 0 Å². The standard InChI is InChI=1S/C17H15N5O2/c1-21-16(24)13-9-12(20-15(23)11-3-2-6-18-10-11)4-5-14(13)22-8-7-19-17(21)22/h2-6,9-10H,7-8H2,1H3,(H,20,23). The molecule has 24 heavy (non-hydrogen) atoms. The van der Waals surface area contributed by atoms with E-state index in [0.29, 0.717) is 29.3 Å². The number of aliphatic imine (C=N–C) groups is 1. The van der Waals surface area contributed by atoms with Crippen molar-refractivity contribution in [2.45, 2.75) is 0 Å². The van der Waals surface area contributed by atoms with Gasteiger partial charge in [-0.3, -0.25) is 24.5 Å². The molecule has 7 heteroatoms.